The van der Waals surface area contributed by atoms with E-state index in [9.17, 15) is 41.9 Å². The number of piperazine rings is 1. The summed E-state index contributed by atoms with van der Waals surface area (Å²) in [6, 6.07) is 0.527. The predicted octanol–water partition coefficient (Wildman–Crippen LogP) is 3.18. The molecule has 3 aliphatic heterocycles. The fourth-order valence-corrected chi connectivity index (χ4v) is 6.02. The van der Waals surface area contributed by atoms with Crippen LogP contribution in [0, 0.1) is 17.1 Å². The Kier molecular flexibility index (Phi) is 8.94. The smallest absolute Gasteiger partial charge is 0.421 e. The second-order valence-corrected chi connectivity index (χ2v) is 10.9. The summed E-state index contributed by atoms with van der Waals surface area (Å²) in [5.74, 6) is -1.48. The Labute approximate surface area is 254 Å². The molecule has 240 valence electrons. The molecule has 3 aliphatic rings. The van der Waals surface area contributed by atoms with Gasteiger partial charge in [-0.05, 0) is 12.5 Å². The van der Waals surface area contributed by atoms with Gasteiger partial charge in [-0.25, -0.2) is 13.6 Å². The molecule has 1 unspecified atom stereocenters. The Morgan fingerprint density at radius 3 is 2.60 bits per heavy atom. The Morgan fingerprint density at radius 1 is 1.13 bits per heavy atom. The van der Waals surface area contributed by atoms with Crippen molar-refractivity contribution >= 4 is 23.5 Å². The van der Waals surface area contributed by atoms with E-state index in [1.807, 2.05) is 4.90 Å². The molecule has 2 aromatic rings. The molecule has 3 atom stereocenters. The number of carbonyl (C=O) groups excluding carboxylic acids is 1. The number of hydrogen-bond donors (Lipinski definition) is 1. The number of nitriles is 1. The maximum atomic E-state index is 14.4. The van der Waals surface area contributed by atoms with Crippen LogP contribution >= 0.6 is 0 Å². The highest BCUT2D eigenvalue weighted by Crippen LogP contribution is 2.40. The lowest BCUT2D eigenvalue weighted by atomic mass is 10.0. The maximum absolute atomic E-state index is 14.4. The van der Waals surface area contributed by atoms with Crippen LogP contribution in [-0.4, -0.2) is 99.4 Å². The van der Waals surface area contributed by atoms with Gasteiger partial charge in [0.15, 0.2) is 5.82 Å². The van der Waals surface area contributed by atoms with Gasteiger partial charge >= 0.3 is 18.3 Å². The zero-order valence-electron chi connectivity index (χ0n) is 23.9. The summed E-state index contributed by atoms with van der Waals surface area (Å²) in [6.45, 7) is 3.50. The number of fused-ring (bicyclic) bond motifs is 1. The van der Waals surface area contributed by atoms with Crippen molar-refractivity contribution in [3.8, 4) is 12.1 Å². The average Bonchev–Trinajstić information content (AvgIpc) is 3.39. The molecule has 0 aliphatic carbocycles. The highest BCUT2D eigenvalue weighted by Gasteiger charge is 2.41. The average molecular weight is 637 g/mol. The van der Waals surface area contributed by atoms with Crippen molar-refractivity contribution in [1.82, 2.24) is 24.8 Å². The Hall–Kier alpha value is -4.75. The first-order valence-corrected chi connectivity index (χ1v) is 14.1. The maximum Gasteiger partial charge on any atom is 0.421 e. The number of carboxylic acid groups (broad SMARTS) is 1. The highest BCUT2D eigenvalue weighted by molar-refractivity contribution is 5.87. The van der Waals surface area contributed by atoms with Gasteiger partial charge in [-0.2, -0.15) is 28.4 Å². The monoisotopic (exact) mass is 636 g/mol. The topological polar surface area (TPSA) is 139 Å². The molecule has 12 nitrogen and oxygen atoms in total. The van der Waals surface area contributed by atoms with Crippen molar-refractivity contribution in [2.45, 2.75) is 50.2 Å². The molecule has 0 saturated carbocycles. The SMILES string of the molecule is C=CC(=O)N1CCN(c2nc(OC[C@@H]3C[C@@H](F)CN3C(=O)O)nc3c2CCN(c2cncc(F)c2C(F)(F)F)C3)CC1CC#N. The van der Waals surface area contributed by atoms with Gasteiger partial charge in [0.25, 0.3) is 0 Å². The van der Waals surface area contributed by atoms with Gasteiger partial charge in [-0.3, -0.25) is 14.7 Å². The lowest BCUT2D eigenvalue weighted by Crippen LogP contribution is -2.55. The number of aromatic nitrogens is 3. The van der Waals surface area contributed by atoms with Crippen LogP contribution < -0.4 is 14.5 Å². The van der Waals surface area contributed by atoms with Gasteiger partial charge in [0, 0.05) is 38.2 Å². The molecule has 1 N–H and O–H groups in total. The summed E-state index contributed by atoms with van der Waals surface area (Å²) in [4.78, 5) is 42.2. The molecule has 5 rings (SSSR count). The lowest BCUT2D eigenvalue weighted by molar-refractivity contribution is -0.139. The molecule has 0 spiro atoms. The van der Waals surface area contributed by atoms with Crippen molar-refractivity contribution in [3.05, 3.63) is 47.7 Å². The summed E-state index contributed by atoms with van der Waals surface area (Å²) in [6.07, 6.45) is -5.00. The molecular weight excluding hydrogens is 607 g/mol. The quantitative estimate of drug-likeness (QED) is 0.356. The van der Waals surface area contributed by atoms with E-state index >= 15 is 0 Å². The van der Waals surface area contributed by atoms with E-state index in [1.54, 1.807) is 0 Å². The number of anilines is 2. The molecule has 2 fully saturated rings. The second kappa shape index (κ2) is 12.7. The van der Waals surface area contributed by atoms with Gasteiger partial charge in [0.1, 0.15) is 24.2 Å². The van der Waals surface area contributed by atoms with Crippen molar-refractivity contribution in [2.75, 3.05) is 49.1 Å². The third-order valence-corrected chi connectivity index (χ3v) is 8.11. The van der Waals surface area contributed by atoms with Crippen LogP contribution in [0.3, 0.4) is 0 Å². The summed E-state index contributed by atoms with van der Waals surface area (Å²) in [7, 11) is 0. The number of ether oxygens (including phenoxy) is 1. The zero-order chi connectivity index (χ0) is 32.5. The number of rotatable bonds is 7. The third kappa shape index (κ3) is 6.54. The van der Waals surface area contributed by atoms with E-state index < -0.39 is 47.6 Å². The van der Waals surface area contributed by atoms with Crippen molar-refractivity contribution in [1.29, 1.82) is 5.26 Å². The molecule has 2 amide bonds. The first-order valence-electron chi connectivity index (χ1n) is 14.1. The molecule has 2 saturated heterocycles. The molecule has 0 bridgehead atoms. The van der Waals surface area contributed by atoms with Gasteiger partial charge in [-0.1, -0.05) is 6.58 Å². The van der Waals surface area contributed by atoms with E-state index in [1.165, 1.54) is 9.80 Å². The van der Waals surface area contributed by atoms with E-state index in [0.717, 1.165) is 17.2 Å². The molecule has 0 radical (unpaired) electrons. The number of carbonyl (C=O) groups is 2. The van der Waals surface area contributed by atoms with Crippen LogP contribution in [-0.2, 0) is 23.9 Å². The van der Waals surface area contributed by atoms with E-state index in [0.29, 0.717) is 24.1 Å². The Morgan fingerprint density at radius 2 is 1.91 bits per heavy atom. The van der Waals surface area contributed by atoms with Crippen LogP contribution in [0.25, 0.3) is 0 Å². The standard InChI is InChI=1S/C28H29F5N8O4/c1-2-23(42)40-8-7-39(13-17(40)3-5-34)25-19-4-6-38(22-11-35-10-20(30)24(22)28(31,32)33)14-21(19)36-26(37-25)45-15-18-9-16(29)12-41(18)27(43)44/h2,10-11,16-18H,1,3-4,6-9,12-15H2,(H,43,44)/t16-,17?,18+/m1/s1. The Balaban J connectivity index is 1.49. The predicted molar refractivity (Wildman–Crippen MR) is 148 cm³/mol. The molecule has 2 aromatic heterocycles. The third-order valence-electron chi connectivity index (χ3n) is 8.11. The Bertz CT molecular complexity index is 1520. The summed E-state index contributed by atoms with van der Waals surface area (Å²) in [5.41, 5.74) is -1.04. The number of amides is 2. The van der Waals surface area contributed by atoms with Crippen molar-refractivity contribution in [3.63, 3.8) is 0 Å². The number of hydrogen-bond acceptors (Lipinski definition) is 9. The van der Waals surface area contributed by atoms with Crippen LogP contribution in [0.5, 0.6) is 6.01 Å². The minimum atomic E-state index is -4.99. The number of alkyl halides is 4. The van der Waals surface area contributed by atoms with Crippen LogP contribution in [0.4, 0.5) is 38.3 Å². The van der Waals surface area contributed by atoms with E-state index in [2.05, 4.69) is 27.6 Å². The first-order chi connectivity index (χ1) is 21.4. The van der Waals surface area contributed by atoms with Gasteiger partial charge in [0.2, 0.25) is 5.91 Å². The fraction of sp³-hybridized carbons (Fsp3) is 0.500. The number of pyridine rings is 1. The minimum absolute atomic E-state index is 0.0182. The largest absolute Gasteiger partial charge is 0.465 e. The minimum Gasteiger partial charge on any atom is -0.465 e. The van der Waals surface area contributed by atoms with Crippen LogP contribution in [0.2, 0.25) is 0 Å². The first kappa shape index (κ1) is 31.7. The fourth-order valence-electron chi connectivity index (χ4n) is 6.02. The number of nitrogens with zero attached hydrogens (tertiary/aromatic N) is 8. The van der Waals surface area contributed by atoms with Crippen molar-refractivity contribution < 1.29 is 41.4 Å². The van der Waals surface area contributed by atoms with E-state index in [4.69, 9.17) is 4.74 Å². The van der Waals surface area contributed by atoms with Gasteiger partial charge < -0.3 is 24.5 Å². The highest BCUT2D eigenvalue weighted by atomic mass is 19.4. The van der Waals surface area contributed by atoms with Crippen LogP contribution in [0.15, 0.2) is 25.0 Å². The van der Waals surface area contributed by atoms with Gasteiger partial charge in [0.05, 0.1) is 61.4 Å². The molecule has 45 heavy (non-hydrogen) atoms. The van der Waals surface area contributed by atoms with E-state index in [-0.39, 0.29) is 76.2 Å². The lowest BCUT2D eigenvalue weighted by Gasteiger charge is -2.42. The molecule has 5 heterocycles. The summed E-state index contributed by atoms with van der Waals surface area (Å²) in [5, 5.41) is 18.9. The number of halogens is 5. The second-order valence-electron chi connectivity index (χ2n) is 10.9. The zero-order valence-corrected chi connectivity index (χ0v) is 23.9. The normalized spacial score (nSPS) is 21.7. The molecular formula is C28H29F5N8O4. The summed E-state index contributed by atoms with van der Waals surface area (Å²) < 4.78 is 75.7. The summed E-state index contributed by atoms with van der Waals surface area (Å²) >= 11 is 0. The number of likely N-dealkylation sites (tertiary alicyclic amines) is 1. The van der Waals surface area contributed by atoms with Gasteiger partial charge in [-0.15, -0.1) is 0 Å². The van der Waals surface area contributed by atoms with Crippen LogP contribution in [0.1, 0.15) is 29.7 Å². The molecule has 0 aromatic carbocycles. The van der Waals surface area contributed by atoms with Crippen molar-refractivity contribution in [2.24, 2.45) is 0 Å². The molecule has 17 heteroatoms.